The third-order valence-electron chi connectivity index (χ3n) is 5.24. The van der Waals surface area contributed by atoms with E-state index in [2.05, 4.69) is 20.0 Å². The molecule has 0 atom stereocenters. The van der Waals surface area contributed by atoms with Crippen LogP contribution in [-0.4, -0.2) is 37.7 Å². The van der Waals surface area contributed by atoms with E-state index in [9.17, 15) is 9.59 Å². The van der Waals surface area contributed by atoms with Crippen molar-refractivity contribution in [3.63, 3.8) is 0 Å². The van der Waals surface area contributed by atoms with Crippen LogP contribution in [0.4, 0.5) is 0 Å². The van der Waals surface area contributed by atoms with Crippen LogP contribution in [0.3, 0.4) is 0 Å². The molecule has 0 spiro atoms. The maximum atomic E-state index is 12.7. The summed E-state index contributed by atoms with van der Waals surface area (Å²) in [5, 5.41) is 0. The Bertz CT molecular complexity index is 680. The number of allylic oxidation sites excluding steroid dienone is 2. The molecule has 0 saturated heterocycles. The Morgan fingerprint density at radius 2 is 1.23 bits per heavy atom. The van der Waals surface area contributed by atoms with Crippen LogP contribution in [0.1, 0.15) is 79.0 Å². The Labute approximate surface area is 159 Å². The molecule has 3 heteroatoms. The van der Waals surface area contributed by atoms with Crippen molar-refractivity contribution in [1.82, 2.24) is 0 Å². The van der Waals surface area contributed by atoms with Gasteiger partial charge in [0.1, 0.15) is 0 Å². The van der Waals surface area contributed by atoms with Crippen molar-refractivity contribution < 1.29 is 9.59 Å². The number of hydrogen-bond donors (Lipinski definition) is 0. The first-order chi connectivity index (χ1) is 12.3. The predicted octanol–water partition coefficient (Wildman–Crippen LogP) is 6.41. The van der Waals surface area contributed by atoms with Gasteiger partial charge in [-0.05, 0) is 32.6 Å². The number of carbonyl (C=O) groups is 2. The molecule has 142 valence electrons. The molecule has 0 fully saturated rings. The van der Waals surface area contributed by atoms with Crippen molar-refractivity contribution >= 4 is 18.8 Å². The number of benzene rings is 1. The SMILES string of the molecule is CC1=C(CCCCCCCCC[P+](C)(C)C)C(=O)c2ccccc2C1=O. The predicted molar refractivity (Wildman–Crippen MR) is 114 cm³/mol. The second kappa shape index (κ2) is 9.60. The average Bonchev–Trinajstić information content (AvgIpc) is 2.60. The molecule has 0 radical (unpaired) electrons. The van der Waals surface area contributed by atoms with Gasteiger partial charge in [0.15, 0.2) is 11.6 Å². The molecular weight excluding hydrogens is 339 g/mol. The fraction of sp³-hybridized carbons (Fsp3) is 0.565. The van der Waals surface area contributed by atoms with Gasteiger partial charge in [-0.2, -0.15) is 0 Å². The van der Waals surface area contributed by atoms with Crippen molar-refractivity contribution in [3.8, 4) is 0 Å². The Morgan fingerprint density at radius 1 is 0.731 bits per heavy atom. The summed E-state index contributed by atoms with van der Waals surface area (Å²) in [4.78, 5) is 25.2. The highest BCUT2D eigenvalue weighted by atomic mass is 31.2. The zero-order valence-electron chi connectivity index (χ0n) is 16.9. The monoisotopic (exact) mass is 373 g/mol. The van der Waals surface area contributed by atoms with Crippen LogP contribution in [0.2, 0.25) is 0 Å². The number of unbranched alkanes of at least 4 members (excludes halogenated alkanes) is 6. The van der Waals surface area contributed by atoms with Gasteiger partial charge in [0.2, 0.25) is 0 Å². The molecule has 2 nitrogen and oxygen atoms in total. The molecule has 1 aromatic rings. The van der Waals surface area contributed by atoms with Crippen LogP contribution in [0.25, 0.3) is 0 Å². The van der Waals surface area contributed by atoms with Crippen molar-refractivity contribution in [1.29, 1.82) is 0 Å². The number of hydrogen-bond acceptors (Lipinski definition) is 2. The number of Topliss-reactive ketones (excluding diaryl/α,β-unsaturated/α-hetero) is 2. The average molecular weight is 373 g/mol. The van der Waals surface area contributed by atoms with Crippen LogP contribution < -0.4 is 0 Å². The quantitative estimate of drug-likeness (QED) is 0.351. The van der Waals surface area contributed by atoms with E-state index in [1.54, 1.807) is 12.1 Å². The van der Waals surface area contributed by atoms with E-state index in [1.807, 2.05) is 19.1 Å². The summed E-state index contributed by atoms with van der Waals surface area (Å²) >= 11 is 0. The molecule has 0 heterocycles. The van der Waals surface area contributed by atoms with E-state index in [1.165, 1.54) is 38.3 Å². The standard InChI is InChI=1S/C23H34O2P/c1-18-19(23(25)21-16-12-11-15-20(21)22(18)24)14-10-8-6-5-7-9-13-17-26(2,3)4/h11-12,15-16H,5-10,13-14,17H2,1-4H3/q+1. The highest BCUT2D eigenvalue weighted by Gasteiger charge is 2.28. The first kappa shape index (κ1) is 21.0. The van der Waals surface area contributed by atoms with Crippen molar-refractivity contribution in [2.24, 2.45) is 0 Å². The summed E-state index contributed by atoms with van der Waals surface area (Å²) in [5.41, 5.74) is 2.54. The molecule has 0 unspecified atom stereocenters. The minimum atomic E-state index is -0.602. The Morgan fingerprint density at radius 3 is 1.81 bits per heavy atom. The number of rotatable bonds is 10. The number of fused-ring (bicyclic) bond motifs is 1. The van der Waals surface area contributed by atoms with Crippen LogP contribution in [0.5, 0.6) is 0 Å². The lowest BCUT2D eigenvalue weighted by atomic mass is 9.82. The zero-order chi connectivity index (χ0) is 19.2. The maximum absolute atomic E-state index is 12.7. The number of carbonyl (C=O) groups excluding carboxylic acids is 2. The first-order valence-electron chi connectivity index (χ1n) is 10.00. The second-order valence-electron chi connectivity index (χ2n) is 8.55. The van der Waals surface area contributed by atoms with E-state index in [0.717, 1.165) is 24.8 Å². The molecule has 0 saturated carbocycles. The Hall–Kier alpha value is -1.27. The fourth-order valence-corrected chi connectivity index (χ4v) is 4.80. The lowest BCUT2D eigenvalue weighted by Gasteiger charge is -2.18. The minimum absolute atomic E-state index is 0.0249. The van der Waals surface area contributed by atoms with Crippen LogP contribution in [-0.2, 0) is 0 Å². The van der Waals surface area contributed by atoms with E-state index in [0.29, 0.717) is 16.7 Å². The molecule has 0 aliphatic heterocycles. The molecule has 0 bridgehead atoms. The Kier molecular flexibility index (Phi) is 7.77. The van der Waals surface area contributed by atoms with Crippen LogP contribution >= 0.6 is 7.26 Å². The molecule has 26 heavy (non-hydrogen) atoms. The van der Waals surface area contributed by atoms with E-state index < -0.39 is 7.26 Å². The summed E-state index contributed by atoms with van der Waals surface area (Å²) < 4.78 is 0. The lowest BCUT2D eigenvalue weighted by Crippen LogP contribution is -2.20. The molecule has 0 N–H and O–H groups in total. The van der Waals surface area contributed by atoms with Crippen molar-refractivity contribution in [2.75, 3.05) is 26.2 Å². The zero-order valence-corrected chi connectivity index (χ0v) is 17.8. The Balaban J connectivity index is 1.71. The molecule has 0 aromatic heterocycles. The van der Waals surface area contributed by atoms with E-state index in [4.69, 9.17) is 0 Å². The van der Waals surface area contributed by atoms with E-state index in [-0.39, 0.29) is 11.6 Å². The molecule has 0 amide bonds. The summed E-state index contributed by atoms with van der Waals surface area (Å²) in [6.45, 7) is 9.06. The van der Waals surface area contributed by atoms with Gasteiger partial charge in [0.05, 0.1) is 6.16 Å². The summed E-state index contributed by atoms with van der Waals surface area (Å²) in [7, 11) is -0.602. The molecule has 1 aromatic carbocycles. The molecule has 1 aliphatic carbocycles. The van der Waals surface area contributed by atoms with E-state index >= 15 is 0 Å². The third kappa shape index (κ3) is 5.88. The van der Waals surface area contributed by atoms with Gasteiger partial charge < -0.3 is 0 Å². The van der Waals surface area contributed by atoms with Gasteiger partial charge in [-0.25, -0.2) is 0 Å². The molecule has 1 aliphatic rings. The normalized spacial score (nSPS) is 14.8. The van der Waals surface area contributed by atoms with Gasteiger partial charge in [0.25, 0.3) is 0 Å². The fourth-order valence-electron chi connectivity index (χ4n) is 3.62. The number of ketones is 2. The minimum Gasteiger partial charge on any atom is -0.289 e. The summed E-state index contributed by atoms with van der Waals surface area (Å²) in [6.07, 6.45) is 10.9. The van der Waals surface area contributed by atoms with Crippen molar-refractivity contribution in [3.05, 3.63) is 46.5 Å². The highest BCUT2D eigenvalue weighted by Crippen LogP contribution is 2.47. The molecular formula is C23H34O2P+. The second-order valence-corrected chi connectivity index (χ2v) is 13.6. The largest absolute Gasteiger partial charge is 0.289 e. The van der Waals surface area contributed by atoms with Gasteiger partial charge in [-0.15, -0.1) is 0 Å². The van der Waals surface area contributed by atoms with Crippen molar-refractivity contribution in [2.45, 2.75) is 58.3 Å². The maximum Gasteiger partial charge on any atom is 0.190 e. The van der Waals surface area contributed by atoms with Gasteiger partial charge in [0, 0.05) is 49.5 Å². The van der Waals surface area contributed by atoms with Crippen LogP contribution in [0.15, 0.2) is 35.4 Å². The highest BCUT2D eigenvalue weighted by molar-refractivity contribution is 7.73. The van der Waals surface area contributed by atoms with Gasteiger partial charge in [-0.3, -0.25) is 9.59 Å². The van der Waals surface area contributed by atoms with Gasteiger partial charge in [-0.1, -0.05) is 49.9 Å². The summed E-state index contributed by atoms with van der Waals surface area (Å²) in [6, 6.07) is 7.20. The van der Waals surface area contributed by atoms with Crippen LogP contribution in [0, 0.1) is 0 Å². The third-order valence-corrected chi connectivity index (χ3v) is 6.90. The summed E-state index contributed by atoms with van der Waals surface area (Å²) in [5.74, 6) is 0.0834. The topological polar surface area (TPSA) is 34.1 Å². The van der Waals surface area contributed by atoms with Gasteiger partial charge >= 0.3 is 0 Å². The lowest BCUT2D eigenvalue weighted by molar-refractivity contribution is 0.0971. The first-order valence-corrected chi connectivity index (χ1v) is 13.3. The molecule has 2 rings (SSSR count). The smallest absolute Gasteiger partial charge is 0.190 e.